The van der Waals surface area contributed by atoms with Crippen molar-refractivity contribution in [2.45, 2.75) is 27.0 Å². The van der Waals surface area contributed by atoms with Gasteiger partial charge in [0.25, 0.3) is 5.91 Å². The molecule has 0 fully saturated rings. The lowest BCUT2D eigenvalue weighted by atomic mass is 10.2. The van der Waals surface area contributed by atoms with Crippen molar-refractivity contribution in [3.05, 3.63) is 38.9 Å². The number of ether oxygens (including phenoxy) is 1. The number of aryl methyl sites for hydroxylation is 2. The van der Waals surface area contributed by atoms with Gasteiger partial charge >= 0.3 is 0 Å². The quantitative estimate of drug-likeness (QED) is 0.732. The van der Waals surface area contributed by atoms with Crippen molar-refractivity contribution < 1.29 is 14.1 Å². The Labute approximate surface area is 147 Å². The first-order valence-corrected chi connectivity index (χ1v) is 8.67. The van der Waals surface area contributed by atoms with E-state index >= 15 is 0 Å². The van der Waals surface area contributed by atoms with Gasteiger partial charge < -0.3 is 19.1 Å². The van der Waals surface area contributed by atoms with Crippen molar-refractivity contribution in [2.75, 3.05) is 34.3 Å². The molecule has 2 heterocycles. The average Bonchev–Trinajstić information content (AvgIpc) is 3.10. The van der Waals surface area contributed by atoms with E-state index in [1.807, 2.05) is 19.0 Å². The van der Waals surface area contributed by atoms with E-state index in [2.05, 4.69) is 29.1 Å². The summed E-state index contributed by atoms with van der Waals surface area (Å²) in [4.78, 5) is 19.3. The molecule has 6 nitrogen and oxygen atoms in total. The zero-order valence-corrected chi connectivity index (χ0v) is 15.8. The number of hydrogen-bond donors (Lipinski definition) is 0. The molecule has 0 radical (unpaired) electrons. The fourth-order valence-electron chi connectivity index (χ4n) is 2.35. The molecule has 1 amide bonds. The zero-order chi connectivity index (χ0) is 17.7. The third-order valence-electron chi connectivity index (χ3n) is 3.72. The smallest absolute Gasteiger partial charge is 0.276 e. The summed E-state index contributed by atoms with van der Waals surface area (Å²) in [6, 6.07) is 4.14. The van der Waals surface area contributed by atoms with E-state index in [0.29, 0.717) is 31.2 Å². The summed E-state index contributed by atoms with van der Waals surface area (Å²) in [5, 5.41) is 3.97. The molecular formula is C17H25N3O3S. The summed E-state index contributed by atoms with van der Waals surface area (Å²) in [7, 11) is 5.59. The lowest BCUT2D eigenvalue weighted by molar-refractivity contribution is 0.0719. The Bertz CT molecular complexity index is 678. The Morgan fingerprint density at radius 2 is 2.04 bits per heavy atom. The molecule has 2 rings (SSSR count). The topological polar surface area (TPSA) is 58.8 Å². The van der Waals surface area contributed by atoms with Crippen LogP contribution in [0, 0.1) is 13.8 Å². The molecule has 7 heteroatoms. The van der Waals surface area contributed by atoms with Gasteiger partial charge in [-0.05, 0) is 40.1 Å². The van der Waals surface area contributed by atoms with Crippen LogP contribution in [0.4, 0.5) is 0 Å². The lowest BCUT2D eigenvalue weighted by Crippen LogP contribution is -2.36. The fourth-order valence-corrected chi connectivity index (χ4v) is 3.26. The van der Waals surface area contributed by atoms with Crippen LogP contribution in [0.2, 0.25) is 0 Å². The third kappa shape index (κ3) is 4.66. The third-order valence-corrected chi connectivity index (χ3v) is 4.71. The summed E-state index contributed by atoms with van der Waals surface area (Å²) < 4.78 is 10.4. The van der Waals surface area contributed by atoms with Crippen LogP contribution in [0.25, 0.3) is 0 Å². The molecule has 0 N–H and O–H groups in total. The van der Waals surface area contributed by atoms with E-state index in [4.69, 9.17) is 9.26 Å². The number of rotatable bonds is 8. The Balaban J connectivity index is 2.23. The van der Waals surface area contributed by atoms with Crippen LogP contribution in [-0.4, -0.2) is 55.2 Å². The van der Waals surface area contributed by atoms with Crippen LogP contribution in [0.3, 0.4) is 0 Å². The van der Waals surface area contributed by atoms with Crippen LogP contribution in [0.5, 0.6) is 0 Å². The Kier molecular flexibility index (Phi) is 6.53. The van der Waals surface area contributed by atoms with E-state index in [1.54, 1.807) is 25.4 Å². The minimum Gasteiger partial charge on any atom is -0.380 e. The number of nitrogens with zero attached hydrogens (tertiary/aromatic N) is 3. The molecular weight excluding hydrogens is 326 g/mol. The second-order valence-electron chi connectivity index (χ2n) is 6.04. The molecule has 0 aliphatic carbocycles. The Hall–Kier alpha value is -1.70. The van der Waals surface area contributed by atoms with Gasteiger partial charge in [-0.15, -0.1) is 11.3 Å². The van der Waals surface area contributed by atoms with Crippen molar-refractivity contribution in [1.82, 2.24) is 15.0 Å². The first-order valence-electron chi connectivity index (χ1n) is 7.85. The number of methoxy groups -OCH3 is 1. The van der Waals surface area contributed by atoms with Gasteiger partial charge in [-0.2, -0.15) is 0 Å². The van der Waals surface area contributed by atoms with Gasteiger partial charge in [-0.3, -0.25) is 4.79 Å². The number of aromatic nitrogens is 1. The fraction of sp³-hybridized carbons (Fsp3) is 0.529. The second kappa shape index (κ2) is 8.41. The summed E-state index contributed by atoms with van der Waals surface area (Å²) in [6.45, 7) is 6.16. The van der Waals surface area contributed by atoms with E-state index in [-0.39, 0.29) is 5.91 Å². The monoisotopic (exact) mass is 351 g/mol. The zero-order valence-electron chi connectivity index (χ0n) is 15.0. The molecule has 0 aliphatic heterocycles. The maximum Gasteiger partial charge on any atom is 0.276 e. The number of amides is 1. The van der Waals surface area contributed by atoms with Crippen LogP contribution < -0.4 is 0 Å². The first kappa shape index (κ1) is 18.6. The standard InChI is InChI=1S/C17H25N3O3S/c1-12-6-7-14(24-12)10-20(9-8-19(3)4)17(21)16-15(11-22-5)13(2)23-18-16/h6-7H,8-11H2,1-5H3. The average molecular weight is 351 g/mol. The highest BCUT2D eigenvalue weighted by Gasteiger charge is 2.25. The maximum atomic E-state index is 13.0. The molecule has 0 aliphatic rings. The molecule has 0 atom stereocenters. The van der Waals surface area contributed by atoms with E-state index in [0.717, 1.165) is 17.0 Å². The number of thiophene rings is 1. The van der Waals surface area contributed by atoms with Gasteiger partial charge in [-0.1, -0.05) is 5.16 Å². The first-order chi connectivity index (χ1) is 11.4. The molecule has 0 unspecified atom stereocenters. The van der Waals surface area contributed by atoms with Crippen molar-refractivity contribution in [1.29, 1.82) is 0 Å². The summed E-state index contributed by atoms with van der Waals surface area (Å²) in [6.07, 6.45) is 0. The van der Waals surface area contributed by atoms with Crippen molar-refractivity contribution in [3.63, 3.8) is 0 Å². The molecule has 0 spiro atoms. The molecule has 0 bridgehead atoms. The lowest BCUT2D eigenvalue weighted by Gasteiger charge is -2.23. The largest absolute Gasteiger partial charge is 0.380 e. The molecule has 132 valence electrons. The van der Waals surface area contributed by atoms with Gasteiger partial charge in [0.1, 0.15) is 5.76 Å². The van der Waals surface area contributed by atoms with E-state index in [9.17, 15) is 4.79 Å². The summed E-state index contributed by atoms with van der Waals surface area (Å²) in [5.41, 5.74) is 1.07. The van der Waals surface area contributed by atoms with Gasteiger partial charge in [0.15, 0.2) is 5.69 Å². The number of hydrogen-bond acceptors (Lipinski definition) is 6. The van der Waals surface area contributed by atoms with Crippen LogP contribution in [0.1, 0.15) is 31.6 Å². The molecule has 0 saturated heterocycles. The predicted molar refractivity (Wildman–Crippen MR) is 94.3 cm³/mol. The molecule has 2 aromatic heterocycles. The molecule has 2 aromatic rings. The minimum absolute atomic E-state index is 0.119. The van der Waals surface area contributed by atoms with Crippen LogP contribution >= 0.6 is 11.3 Å². The van der Waals surface area contributed by atoms with Crippen molar-refractivity contribution >= 4 is 17.2 Å². The Morgan fingerprint density at radius 1 is 1.29 bits per heavy atom. The van der Waals surface area contributed by atoms with Gasteiger partial charge in [-0.25, -0.2) is 0 Å². The number of carbonyl (C=O) groups is 1. The summed E-state index contributed by atoms with van der Waals surface area (Å²) >= 11 is 1.71. The van der Waals surface area contributed by atoms with E-state index in [1.165, 1.54) is 4.88 Å². The minimum atomic E-state index is -0.119. The van der Waals surface area contributed by atoms with Crippen molar-refractivity contribution in [2.24, 2.45) is 0 Å². The normalized spacial score (nSPS) is 11.2. The molecule has 0 aromatic carbocycles. The maximum absolute atomic E-state index is 13.0. The van der Waals surface area contributed by atoms with Gasteiger partial charge in [0.05, 0.1) is 18.7 Å². The highest BCUT2D eigenvalue weighted by Crippen LogP contribution is 2.21. The second-order valence-corrected chi connectivity index (χ2v) is 7.41. The summed E-state index contributed by atoms with van der Waals surface area (Å²) in [5.74, 6) is 0.506. The van der Waals surface area contributed by atoms with Gasteiger partial charge in [0, 0.05) is 30.0 Å². The van der Waals surface area contributed by atoms with Crippen molar-refractivity contribution in [3.8, 4) is 0 Å². The highest BCUT2D eigenvalue weighted by atomic mass is 32.1. The van der Waals surface area contributed by atoms with Crippen LogP contribution in [-0.2, 0) is 17.9 Å². The number of likely N-dealkylation sites (N-methyl/N-ethyl adjacent to an activating group) is 1. The molecule has 24 heavy (non-hydrogen) atoms. The number of carbonyl (C=O) groups excluding carboxylic acids is 1. The predicted octanol–water partition coefficient (Wildman–Crippen LogP) is 2.70. The SMILES string of the molecule is COCc1c(C(=O)N(CCN(C)C)Cc2ccc(C)s2)noc1C. The molecule has 0 saturated carbocycles. The van der Waals surface area contributed by atoms with E-state index < -0.39 is 0 Å². The highest BCUT2D eigenvalue weighted by molar-refractivity contribution is 7.11. The van der Waals surface area contributed by atoms with Crippen LogP contribution in [0.15, 0.2) is 16.7 Å². The Morgan fingerprint density at radius 3 is 2.62 bits per heavy atom. The van der Waals surface area contributed by atoms with Gasteiger partial charge in [0.2, 0.25) is 0 Å².